The van der Waals surface area contributed by atoms with Crippen LogP contribution in [0.1, 0.15) is 43.9 Å². The molecule has 2 amide bonds. The predicted octanol–water partition coefficient (Wildman–Crippen LogP) is 3.06. The van der Waals surface area contributed by atoms with Gasteiger partial charge in [-0.25, -0.2) is 4.79 Å². The number of carboxylic acids is 1. The van der Waals surface area contributed by atoms with Gasteiger partial charge in [-0.05, 0) is 35.8 Å². The van der Waals surface area contributed by atoms with Crippen molar-refractivity contribution in [3.63, 3.8) is 0 Å². The van der Waals surface area contributed by atoms with E-state index < -0.39 is 5.97 Å². The van der Waals surface area contributed by atoms with E-state index in [0.717, 1.165) is 12.8 Å². The highest BCUT2D eigenvalue weighted by atomic mass is 16.4. The zero-order valence-corrected chi connectivity index (χ0v) is 14.1. The van der Waals surface area contributed by atoms with E-state index in [1.807, 2.05) is 12.1 Å². The number of nitrogens with zero attached hydrogens (tertiary/aromatic N) is 1. The van der Waals surface area contributed by atoms with Crippen LogP contribution in [-0.2, 0) is 11.2 Å². The molecule has 1 aliphatic carbocycles. The SMILES string of the molecule is CC(C)C1CCc2ccccc2C1NC(=O)N(C)CCC(=O)O. The second-order valence-corrected chi connectivity index (χ2v) is 6.64. The van der Waals surface area contributed by atoms with Gasteiger partial charge in [-0.3, -0.25) is 4.79 Å². The van der Waals surface area contributed by atoms with E-state index in [-0.39, 0.29) is 25.0 Å². The van der Waals surface area contributed by atoms with E-state index in [4.69, 9.17) is 5.11 Å². The fourth-order valence-electron chi connectivity index (χ4n) is 3.30. The number of fused-ring (bicyclic) bond motifs is 1. The molecular weight excluding hydrogens is 292 g/mol. The second-order valence-electron chi connectivity index (χ2n) is 6.64. The second kappa shape index (κ2) is 7.49. The van der Waals surface area contributed by atoms with Gasteiger partial charge in [0.2, 0.25) is 0 Å². The van der Waals surface area contributed by atoms with Crippen LogP contribution in [-0.4, -0.2) is 35.6 Å². The zero-order chi connectivity index (χ0) is 17.0. The van der Waals surface area contributed by atoms with Crippen LogP contribution in [0.2, 0.25) is 0 Å². The first-order chi connectivity index (χ1) is 10.9. The van der Waals surface area contributed by atoms with Gasteiger partial charge >= 0.3 is 12.0 Å². The largest absolute Gasteiger partial charge is 0.481 e. The molecule has 2 unspecified atom stereocenters. The summed E-state index contributed by atoms with van der Waals surface area (Å²) in [5.74, 6) is -0.0348. The number of carbonyl (C=O) groups is 2. The standard InChI is InChI=1S/C18H26N2O3/c1-12(2)14-9-8-13-6-4-5-7-15(13)17(14)19-18(23)20(3)11-10-16(21)22/h4-7,12,14,17H,8-11H2,1-3H3,(H,19,23)(H,21,22). The van der Waals surface area contributed by atoms with Gasteiger partial charge in [0.25, 0.3) is 0 Å². The fourth-order valence-corrected chi connectivity index (χ4v) is 3.30. The minimum Gasteiger partial charge on any atom is -0.481 e. The van der Waals surface area contributed by atoms with Crippen LogP contribution in [0.4, 0.5) is 4.79 Å². The molecule has 2 atom stereocenters. The first kappa shape index (κ1) is 17.3. The first-order valence-electron chi connectivity index (χ1n) is 8.21. The molecule has 23 heavy (non-hydrogen) atoms. The van der Waals surface area contributed by atoms with E-state index in [1.54, 1.807) is 7.05 Å². The maximum absolute atomic E-state index is 12.4. The van der Waals surface area contributed by atoms with Gasteiger partial charge in [0.1, 0.15) is 0 Å². The van der Waals surface area contributed by atoms with E-state index in [0.29, 0.717) is 11.8 Å². The number of hydrogen-bond donors (Lipinski definition) is 2. The summed E-state index contributed by atoms with van der Waals surface area (Å²) in [5, 5.41) is 11.9. The van der Waals surface area contributed by atoms with E-state index in [2.05, 4.69) is 31.3 Å². The topological polar surface area (TPSA) is 69.6 Å². The Hall–Kier alpha value is -2.04. The smallest absolute Gasteiger partial charge is 0.317 e. The molecule has 0 saturated carbocycles. The first-order valence-corrected chi connectivity index (χ1v) is 8.21. The number of hydrogen-bond acceptors (Lipinski definition) is 2. The number of amides is 2. The third-order valence-corrected chi connectivity index (χ3v) is 4.71. The molecule has 0 heterocycles. The lowest BCUT2D eigenvalue weighted by Crippen LogP contribution is -2.44. The van der Waals surface area contributed by atoms with Gasteiger partial charge in [0, 0.05) is 13.6 Å². The van der Waals surface area contributed by atoms with Crippen molar-refractivity contribution in [2.45, 2.75) is 39.2 Å². The lowest BCUT2D eigenvalue weighted by atomic mass is 9.74. The molecule has 5 nitrogen and oxygen atoms in total. The number of aryl methyl sites for hydroxylation is 1. The Morgan fingerprint density at radius 3 is 2.70 bits per heavy atom. The van der Waals surface area contributed by atoms with Gasteiger partial charge in [0.15, 0.2) is 0 Å². The molecule has 126 valence electrons. The van der Waals surface area contributed by atoms with Crippen molar-refractivity contribution >= 4 is 12.0 Å². The highest BCUT2D eigenvalue weighted by Gasteiger charge is 2.32. The Kier molecular flexibility index (Phi) is 5.64. The molecule has 0 aliphatic heterocycles. The maximum atomic E-state index is 12.4. The van der Waals surface area contributed by atoms with Crippen molar-refractivity contribution in [3.05, 3.63) is 35.4 Å². The normalized spacial score (nSPS) is 20.0. The molecule has 1 aromatic rings. The minimum absolute atomic E-state index is 0.0141. The van der Waals surface area contributed by atoms with Gasteiger partial charge in [-0.1, -0.05) is 38.1 Å². The Labute approximate surface area is 137 Å². The molecule has 0 spiro atoms. The molecular formula is C18H26N2O3. The summed E-state index contributed by atoms with van der Waals surface area (Å²) in [6.07, 6.45) is 2.05. The molecule has 0 radical (unpaired) electrons. The lowest BCUT2D eigenvalue weighted by molar-refractivity contribution is -0.137. The third-order valence-electron chi connectivity index (χ3n) is 4.71. The monoisotopic (exact) mass is 318 g/mol. The summed E-state index contributed by atoms with van der Waals surface area (Å²) in [5.41, 5.74) is 2.49. The number of nitrogens with one attached hydrogen (secondary N) is 1. The van der Waals surface area contributed by atoms with Gasteiger partial charge in [0.05, 0.1) is 12.5 Å². The molecule has 2 N–H and O–H groups in total. The molecule has 2 rings (SSSR count). The Bertz CT molecular complexity index is 571. The highest BCUT2D eigenvalue weighted by molar-refractivity contribution is 5.75. The van der Waals surface area contributed by atoms with Crippen molar-refractivity contribution in [2.75, 3.05) is 13.6 Å². The minimum atomic E-state index is -0.896. The summed E-state index contributed by atoms with van der Waals surface area (Å²) in [6, 6.07) is 8.03. The zero-order valence-electron chi connectivity index (χ0n) is 14.1. The number of carboxylic acid groups (broad SMARTS) is 1. The summed E-state index contributed by atoms with van der Waals surface area (Å²) >= 11 is 0. The van der Waals surface area contributed by atoms with Crippen LogP contribution in [0.3, 0.4) is 0 Å². The third kappa shape index (κ3) is 4.24. The summed E-state index contributed by atoms with van der Waals surface area (Å²) in [6.45, 7) is 4.58. The molecule has 0 bridgehead atoms. The number of carbonyl (C=O) groups excluding carboxylic acids is 1. The van der Waals surface area contributed by atoms with Gasteiger partial charge in [-0.15, -0.1) is 0 Å². The Morgan fingerprint density at radius 2 is 2.04 bits per heavy atom. The van der Waals surface area contributed by atoms with Gasteiger partial charge in [-0.2, -0.15) is 0 Å². The van der Waals surface area contributed by atoms with Crippen molar-refractivity contribution in [2.24, 2.45) is 11.8 Å². The van der Waals surface area contributed by atoms with Crippen LogP contribution in [0, 0.1) is 11.8 Å². The lowest BCUT2D eigenvalue weighted by Gasteiger charge is -2.37. The molecule has 5 heteroatoms. The van der Waals surface area contributed by atoms with Crippen LogP contribution in [0.5, 0.6) is 0 Å². The van der Waals surface area contributed by atoms with Gasteiger partial charge < -0.3 is 15.3 Å². The van der Waals surface area contributed by atoms with Crippen molar-refractivity contribution in [3.8, 4) is 0 Å². The molecule has 1 aliphatic rings. The fraction of sp³-hybridized carbons (Fsp3) is 0.556. The van der Waals surface area contributed by atoms with E-state index in [9.17, 15) is 9.59 Å². The van der Waals surface area contributed by atoms with Crippen LogP contribution >= 0.6 is 0 Å². The van der Waals surface area contributed by atoms with Crippen LogP contribution < -0.4 is 5.32 Å². The number of urea groups is 1. The number of aliphatic carboxylic acids is 1. The molecule has 0 aromatic heterocycles. The molecule has 0 saturated heterocycles. The average molecular weight is 318 g/mol. The van der Waals surface area contributed by atoms with Crippen LogP contribution in [0.25, 0.3) is 0 Å². The molecule has 1 aromatic carbocycles. The predicted molar refractivity (Wildman–Crippen MR) is 89.2 cm³/mol. The summed E-state index contributed by atoms with van der Waals surface area (Å²) in [4.78, 5) is 24.5. The van der Waals surface area contributed by atoms with Crippen molar-refractivity contribution in [1.82, 2.24) is 10.2 Å². The number of benzene rings is 1. The Balaban J connectivity index is 2.14. The summed E-state index contributed by atoms with van der Waals surface area (Å²) < 4.78 is 0. The van der Waals surface area contributed by atoms with Crippen molar-refractivity contribution in [1.29, 1.82) is 0 Å². The Morgan fingerprint density at radius 1 is 1.35 bits per heavy atom. The maximum Gasteiger partial charge on any atom is 0.317 e. The number of rotatable bonds is 5. The highest BCUT2D eigenvalue weighted by Crippen LogP contribution is 2.38. The average Bonchev–Trinajstić information content (AvgIpc) is 2.52. The molecule has 0 fully saturated rings. The van der Waals surface area contributed by atoms with E-state index in [1.165, 1.54) is 16.0 Å². The quantitative estimate of drug-likeness (QED) is 0.876. The van der Waals surface area contributed by atoms with Crippen LogP contribution in [0.15, 0.2) is 24.3 Å². The van der Waals surface area contributed by atoms with Crippen molar-refractivity contribution < 1.29 is 14.7 Å². The van der Waals surface area contributed by atoms with E-state index >= 15 is 0 Å². The summed E-state index contributed by atoms with van der Waals surface area (Å²) in [7, 11) is 1.64.